The third-order valence-corrected chi connectivity index (χ3v) is 4.68. The molecule has 19 heavy (non-hydrogen) atoms. The molecular formula is C14H25N3O2. The molecule has 1 saturated carbocycles. The van der Waals surface area contributed by atoms with Crippen molar-refractivity contribution >= 4 is 5.91 Å². The fraction of sp³-hybridized carbons (Fsp3) is 0.929. The third kappa shape index (κ3) is 3.09. The Bertz CT molecular complexity index is 330. The van der Waals surface area contributed by atoms with Crippen LogP contribution in [0.3, 0.4) is 0 Å². The van der Waals surface area contributed by atoms with Crippen LogP contribution in [0.25, 0.3) is 0 Å². The summed E-state index contributed by atoms with van der Waals surface area (Å²) < 4.78 is 5.31. The minimum Gasteiger partial charge on any atom is -0.381 e. The van der Waals surface area contributed by atoms with Gasteiger partial charge in [0.1, 0.15) is 0 Å². The second kappa shape index (κ2) is 5.38. The number of nitrogens with zero attached hydrogens (tertiary/aromatic N) is 2. The molecule has 5 nitrogen and oxygen atoms in total. The number of nitrogens with two attached hydrogens (primary N) is 1. The standard InChI is InChI=1S/C14H25N3O2/c15-14(3-9-19-10-4-14)13(18)17-7-5-16(6-8-17)11-12-1-2-12/h12H,1-11,15H2. The first kappa shape index (κ1) is 13.3. The van der Waals surface area contributed by atoms with Gasteiger partial charge in [0.25, 0.3) is 0 Å². The average Bonchev–Trinajstić information content (AvgIpc) is 3.24. The highest BCUT2D eigenvalue weighted by Gasteiger charge is 2.39. The second-order valence-corrected chi connectivity index (χ2v) is 6.30. The molecule has 3 fully saturated rings. The fourth-order valence-electron chi connectivity index (χ4n) is 3.06. The van der Waals surface area contributed by atoms with Crippen molar-refractivity contribution in [2.45, 2.75) is 31.2 Å². The number of amides is 1. The maximum Gasteiger partial charge on any atom is 0.242 e. The van der Waals surface area contributed by atoms with Gasteiger partial charge in [0.2, 0.25) is 5.91 Å². The Hall–Kier alpha value is -0.650. The lowest BCUT2D eigenvalue weighted by Gasteiger charge is -2.41. The summed E-state index contributed by atoms with van der Waals surface area (Å²) in [6.07, 6.45) is 4.11. The SMILES string of the molecule is NC1(C(=O)N2CCN(CC3CC3)CC2)CCOCC1. The average molecular weight is 267 g/mol. The van der Waals surface area contributed by atoms with Gasteiger partial charge in [0, 0.05) is 45.9 Å². The van der Waals surface area contributed by atoms with E-state index in [2.05, 4.69) is 4.90 Å². The van der Waals surface area contributed by atoms with Crippen molar-refractivity contribution in [1.29, 1.82) is 0 Å². The van der Waals surface area contributed by atoms with Crippen LogP contribution >= 0.6 is 0 Å². The summed E-state index contributed by atoms with van der Waals surface area (Å²) in [6.45, 7) is 6.15. The molecule has 3 rings (SSSR count). The molecule has 0 bridgehead atoms. The largest absolute Gasteiger partial charge is 0.381 e. The van der Waals surface area contributed by atoms with Crippen molar-refractivity contribution < 1.29 is 9.53 Å². The maximum atomic E-state index is 12.5. The number of piperazine rings is 1. The van der Waals surface area contributed by atoms with Crippen LogP contribution in [-0.4, -0.2) is 67.2 Å². The molecule has 108 valence electrons. The molecule has 0 unspecified atom stereocenters. The van der Waals surface area contributed by atoms with Crippen LogP contribution in [0.5, 0.6) is 0 Å². The molecule has 0 atom stereocenters. The number of carbonyl (C=O) groups excluding carboxylic acids is 1. The first-order valence-corrected chi connectivity index (χ1v) is 7.56. The second-order valence-electron chi connectivity index (χ2n) is 6.30. The van der Waals surface area contributed by atoms with Gasteiger partial charge < -0.3 is 15.4 Å². The first-order valence-electron chi connectivity index (χ1n) is 7.56. The number of carbonyl (C=O) groups is 1. The molecule has 5 heteroatoms. The van der Waals surface area contributed by atoms with Gasteiger partial charge in [-0.3, -0.25) is 9.69 Å². The molecular weight excluding hydrogens is 242 g/mol. The van der Waals surface area contributed by atoms with Crippen LogP contribution < -0.4 is 5.73 Å². The van der Waals surface area contributed by atoms with E-state index in [4.69, 9.17) is 10.5 Å². The summed E-state index contributed by atoms with van der Waals surface area (Å²) in [5.41, 5.74) is 5.60. The van der Waals surface area contributed by atoms with Crippen molar-refractivity contribution in [1.82, 2.24) is 9.80 Å². The van der Waals surface area contributed by atoms with Gasteiger partial charge in [-0.15, -0.1) is 0 Å². The van der Waals surface area contributed by atoms with E-state index in [1.165, 1.54) is 19.4 Å². The maximum absolute atomic E-state index is 12.5. The summed E-state index contributed by atoms with van der Waals surface area (Å²) in [7, 11) is 0. The summed E-state index contributed by atoms with van der Waals surface area (Å²) in [5, 5.41) is 0. The van der Waals surface area contributed by atoms with Gasteiger partial charge in [0.15, 0.2) is 0 Å². The normalized spacial score (nSPS) is 28.4. The lowest BCUT2D eigenvalue weighted by atomic mass is 9.89. The van der Waals surface area contributed by atoms with Gasteiger partial charge in [0.05, 0.1) is 5.54 Å². The van der Waals surface area contributed by atoms with Crippen LogP contribution in [-0.2, 0) is 9.53 Å². The third-order valence-electron chi connectivity index (χ3n) is 4.68. The van der Waals surface area contributed by atoms with Crippen molar-refractivity contribution in [3.05, 3.63) is 0 Å². The molecule has 0 aromatic heterocycles. The summed E-state index contributed by atoms with van der Waals surface area (Å²) in [6, 6.07) is 0. The molecule has 0 aromatic rings. The van der Waals surface area contributed by atoms with Crippen molar-refractivity contribution in [2.24, 2.45) is 11.7 Å². The van der Waals surface area contributed by atoms with Gasteiger partial charge in [-0.05, 0) is 31.6 Å². The molecule has 0 spiro atoms. The lowest BCUT2D eigenvalue weighted by Crippen LogP contribution is -2.61. The Morgan fingerprint density at radius 3 is 2.37 bits per heavy atom. The van der Waals surface area contributed by atoms with Gasteiger partial charge in [-0.25, -0.2) is 0 Å². The Morgan fingerprint density at radius 2 is 1.79 bits per heavy atom. The van der Waals surface area contributed by atoms with Gasteiger partial charge in [-0.2, -0.15) is 0 Å². The number of hydrogen-bond acceptors (Lipinski definition) is 4. The molecule has 1 amide bonds. The Labute approximate surface area is 115 Å². The topological polar surface area (TPSA) is 58.8 Å². The van der Waals surface area contributed by atoms with E-state index in [9.17, 15) is 4.79 Å². The minimum atomic E-state index is -0.670. The molecule has 2 saturated heterocycles. The first-order chi connectivity index (χ1) is 9.17. The summed E-state index contributed by atoms with van der Waals surface area (Å²) >= 11 is 0. The highest BCUT2D eigenvalue weighted by molar-refractivity contribution is 5.86. The smallest absolute Gasteiger partial charge is 0.242 e. The highest BCUT2D eigenvalue weighted by atomic mass is 16.5. The van der Waals surface area contributed by atoms with E-state index in [1.807, 2.05) is 4.90 Å². The fourth-order valence-corrected chi connectivity index (χ4v) is 3.06. The molecule has 1 aliphatic carbocycles. The summed E-state index contributed by atoms with van der Waals surface area (Å²) in [4.78, 5) is 17.0. The lowest BCUT2D eigenvalue weighted by molar-refractivity contribution is -0.142. The number of hydrogen-bond donors (Lipinski definition) is 1. The van der Waals surface area contributed by atoms with Crippen molar-refractivity contribution in [3.8, 4) is 0 Å². The molecule has 0 aromatic carbocycles. The molecule has 3 aliphatic rings. The van der Waals surface area contributed by atoms with Crippen LogP contribution in [0.4, 0.5) is 0 Å². The number of ether oxygens (including phenoxy) is 1. The van der Waals surface area contributed by atoms with Crippen LogP contribution in [0, 0.1) is 5.92 Å². The zero-order valence-electron chi connectivity index (χ0n) is 11.6. The van der Waals surface area contributed by atoms with Crippen molar-refractivity contribution in [3.63, 3.8) is 0 Å². The Balaban J connectivity index is 1.50. The Kier molecular flexibility index (Phi) is 3.78. The highest BCUT2D eigenvalue weighted by Crippen LogP contribution is 2.30. The zero-order chi connectivity index (χ0) is 13.3. The van der Waals surface area contributed by atoms with E-state index in [0.717, 1.165) is 32.1 Å². The number of rotatable bonds is 3. The predicted molar refractivity (Wildman–Crippen MR) is 72.7 cm³/mol. The van der Waals surface area contributed by atoms with E-state index in [1.54, 1.807) is 0 Å². The van der Waals surface area contributed by atoms with E-state index < -0.39 is 5.54 Å². The summed E-state index contributed by atoms with van der Waals surface area (Å²) in [5.74, 6) is 1.07. The predicted octanol–water partition coefficient (Wildman–Crippen LogP) is 0.0485. The molecule has 2 heterocycles. The van der Waals surface area contributed by atoms with Crippen LogP contribution in [0.15, 0.2) is 0 Å². The molecule has 0 radical (unpaired) electrons. The zero-order valence-corrected chi connectivity index (χ0v) is 11.6. The van der Waals surface area contributed by atoms with Crippen molar-refractivity contribution in [2.75, 3.05) is 45.9 Å². The van der Waals surface area contributed by atoms with E-state index >= 15 is 0 Å². The van der Waals surface area contributed by atoms with Gasteiger partial charge >= 0.3 is 0 Å². The quantitative estimate of drug-likeness (QED) is 0.785. The van der Waals surface area contributed by atoms with Crippen LogP contribution in [0.1, 0.15) is 25.7 Å². The molecule has 2 N–H and O–H groups in total. The molecule has 2 aliphatic heterocycles. The van der Waals surface area contributed by atoms with Crippen LogP contribution in [0.2, 0.25) is 0 Å². The van der Waals surface area contributed by atoms with E-state index in [0.29, 0.717) is 26.1 Å². The van der Waals surface area contributed by atoms with E-state index in [-0.39, 0.29) is 5.91 Å². The Morgan fingerprint density at radius 1 is 1.16 bits per heavy atom. The van der Waals surface area contributed by atoms with Gasteiger partial charge in [-0.1, -0.05) is 0 Å². The monoisotopic (exact) mass is 267 g/mol. The minimum absolute atomic E-state index is 0.141.